The summed E-state index contributed by atoms with van der Waals surface area (Å²) in [6, 6.07) is 5.29. The smallest absolute Gasteiger partial charge is 0.219 e. The topological polar surface area (TPSA) is 67.8 Å². The SMILES string of the molecule is CNC(=O)CCCOc1cc(OC)ccc1[C@H](C)O. The average molecular weight is 267 g/mol. The summed E-state index contributed by atoms with van der Waals surface area (Å²) in [6.45, 7) is 2.10. The van der Waals surface area contributed by atoms with Crippen LogP contribution in [0.5, 0.6) is 11.5 Å². The highest BCUT2D eigenvalue weighted by Crippen LogP contribution is 2.29. The van der Waals surface area contributed by atoms with Crippen LogP contribution in [0.4, 0.5) is 0 Å². The first-order chi connectivity index (χ1) is 9.08. The van der Waals surface area contributed by atoms with Crippen LogP contribution in [0.1, 0.15) is 31.4 Å². The Morgan fingerprint density at radius 3 is 2.79 bits per heavy atom. The molecule has 0 heterocycles. The first kappa shape index (κ1) is 15.3. The van der Waals surface area contributed by atoms with Gasteiger partial charge >= 0.3 is 0 Å². The van der Waals surface area contributed by atoms with E-state index in [4.69, 9.17) is 9.47 Å². The molecular formula is C14H21NO4. The van der Waals surface area contributed by atoms with Crippen molar-refractivity contribution in [1.29, 1.82) is 0 Å². The van der Waals surface area contributed by atoms with Crippen LogP contribution in [0.15, 0.2) is 18.2 Å². The first-order valence-corrected chi connectivity index (χ1v) is 6.28. The van der Waals surface area contributed by atoms with Gasteiger partial charge in [-0.25, -0.2) is 0 Å². The lowest BCUT2D eigenvalue weighted by atomic mass is 10.1. The molecule has 0 unspecified atom stereocenters. The number of rotatable bonds is 7. The van der Waals surface area contributed by atoms with E-state index in [9.17, 15) is 9.90 Å². The number of benzene rings is 1. The molecule has 0 radical (unpaired) electrons. The molecule has 19 heavy (non-hydrogen) atoms. The highest BCUT2D eigenvalue weighted by Gasteiger charge is 2.10. The number of amides is 1. The molecule has 0 saturated carbocycles. The highest BCUT2D eigenvalue weighted by molar-refractivity contribution is 5.75. The second kappa shape index (κ2) is 7.63. The zero-order valence-electron chi connectivity index (χ0n) is 11.6. The van der Waals surface area contributed by atoms with Crippen molar-refractivity contribution >= 4 is 5.91 Å². The third-order valence-corrected chi connectivity index (χ3v) is 2.76. The third-order valence-electron chi connectivity index (χ3n) is 2.76. The van der Waals surface area contributed by atoms with Crippen molar-refractivity contribution in [2.24, 2.45) is 0 Å². The Labute approximate surface area is 113 Å². The molecule has 0 aliphatic rings. The molecule has 1 rings (SSSR count). The number of hydrogen-bond donors (Lipinski definition) is 2. The molecule has 0 aromatic heterocycles. The molecule has 0 fully saturated rings. The van der Waals surface area contributed by atoms with Gasteiger partial charge in [-0.05, 0) is 25.5 Å². The summed E-state index contributed by atoms with van der Waals surface area (Å²) in [4.78, 5) is 11.1. The van der Waals surface area contributed by atoms with E-state index in [2.05, 4.69) is 5.32 Å². The van der Waals surface area contributed by atoms with E-state index in [0.717, 1.165) is 0 Å². The molecule has 1 aromatic carbocycles. The Hall–Kier alpha value is -1.75. The molecule has 106 valence electrons. The molecule has 0 spiro atoms. The van der Waals surface area contributed by atoms with Gasteiger partial charge in [-0.3, -0.25) is 4.79 Å². The van der Waals surface area contributed by atoms with Gasteiger partial charge in [0.2, 0.25) is 5.91 Å². The van der Waals surface area contributed by atoms with Gasteiger partial charge in [-0.2, -0.15) is 0 Å². The van der Waals surface area contributed by atoms with Crippen molar-refractivity contribution < 1.29 is 19.4 Å². The van der Waals surface area contributed by atoms with Crippen molar-refractivity contribution in [2.75, 3.05) is 20.8 Å². The molecule has 5 heteroatoms. The molecule has 0 aliphatic heterocycles. The highest BCUT2D eigenvalue weighted by atomic mass is 16.5. The normalized spacial score (nSPS) is 11.8. The Kier molecular flexibility index (Phi) is 6.15. The number of carbonyl (C=O) groups excluding carboxylic acids is 1. The molecular weight excluding hydrogens is 246 g/mol. The van der Waals surface area contributed by atoms with E-state index in [1.807, 2.05) is 0 Å². The van der Waals surface area contributed by atoms with Gasteiger partial charge in [0.15, 0.2) is 0 Å². The largest absolute Gasteiger partial charge is 0.497 e. The van der Waals surface area contributed by atoms with E-state index < -0.39 is 6.10 Å². The minimum absolute atomic E-state index is 0.00927. The monoisotopic (exact) mass is 267 g/mol. The van der Waals surface area contributed by atoms with Crippen molar-refractivity contribution in [3.8, 4) is 11.5 Å². The fourth-order valence-corrected chi connectivity index (χ4v) is 1.65. The van der Waals surface area contributed by atoms with Crippen molar-refractivity contribution in [3.63, 3.8) is 0 Å². The summed E-state index contributed by atoms with van der Waals surface area (Å²) < 4.78 is 10.7. The number of hydrogen-bond acceptors (Lipinski definition) is 4. The maximum atomic E-state index is 11.1. The van der Waals surface area contributed by atoms with Crippen LogP contribution in [0.3, 0.4) is 0 Å². The number of methoxy groups -OCH3 is 1. The standard InChI is InChI=1S/C14H21NO4/c1-10(16)12-7-6-11(18-3)9-13(12)19-8-4-5-14(17)15-2/h6-7,9-10,16H,4-5,8H2,1-3H3,(H,15,17)/t10-/m0/s1. The summed E-state index contributed by atoms with van der Waals surface area (Å²) in [5, 5.41) is 12.2. The van der Waals surface area contributed by atoms with E-state index in [-0.39, 0.29) is 5.91 Å². The van der Waals surface area contributed by atoms with Crippen LogP contribution in [0.25, 0.3) is 0 Å². The summed E-state index contributed by atoms with van der Waals surface area (Å²) in [6.07, 6.45) is 0.431. The summed E-state index contributed by atoms with van der Waals surface area (Å²) in [5.41, 5.74) is 0.709. The predicted molar refractivity (Wildman–Crippen MR) is 72.4 cm³/mol. The quantitative estimate of drug-likeness (QED) is 0.737. The fraction of sp³-hybridized carbons (Fsp3) is 0.500. The number of ether oxygens (including phenoxy) is 2. The Balaban J connectivity index is 2.62. The lowest BCUT2D eigenvalue weighted by molar-refractivity contribution is -0.120. The van der Waals surface area contributed by atoms with Gasteiger partial charge < -0.3 is 19.9 Å². The molecule has 2 N–H and O–H groups in total. The van der Waals surface area contributed by atoms with E-state index >= 15 is 0 Å². The predicted octanol–water partition coefficient (Wildman–Crippen LogP) is 1.65. The van der Waals surface area contributed by atoms with Crippen molar-refractivity contribution in [1.82, 2.24) is 5.32 Å². The van der Waals surface area contributed by atoms with Crippen molar-refractivity contribution in [2.45, 2.75) is 25.9 Å². The van der Waals surface area contributed by atoms with Gasteiger partial charge in [-0.1, -0.05) is 0 Å². The molecule has 1 aromatic rings. The molecule has 1 atom stereocenters. The molecule has 5 nitrogen and oxygen atoms in total. The van der Waals surface area contributed by atoms with E-state index in [0.29, 0.717) is 36.5 Å². The van der Waals surface area contributed by atoms with Crippen LogP contribution < -0.4 is 14.8 Å². The van der Waals surface area contributed by atoms with Gasteiger partial charge in [0.05, 0.1) is 19.8 Å². The summed E-state index contributed by atoms with van der Waals surface area (Å²) in [5.74, 6) is 1.25. The molecule has 0 bridgehead atoms. The van der Waals surface area contributed by atoms with Crippen LogP contribution in [0.2, 0.25) is 0 Å². The first-order valence-electron chi connectivity index (χ1n) is 6.28. The Morgan fingerprint density at radius 2 is 2.21 bits per heavy atom. The van der Waals surface area contributed by atoms with Crippen LogP contribution >= 0.6 is 0 Å². The maximum Gasteiger partial charge on any atom is 0.219 e. The van der Waals surface area contributed by atoms with Crippen LogP contribution in [-0.2, 0) is 4.79 Å². The number of aliphatic hydroxyl groups excluding tert-OH is 1. The number of aliphatic hydroxyl groups is 1. The summed E-state index contributed by atoms with van der Waals surface area (Å²) in [7, 11) is 3.18. The van der Waals surface area contributed by atoms with Crippen LogP contribution in [-0.4, -0.2) is 31.8 Å². The zero-order chi connectivity index (χ0) is 14.3. The molecule has 0 saturated heterocycles. The summed E-state index contributed by atoms with van der Waals surface area (Å²) >= 11 is 0. The lowest BCUT2D eigenvalue weighted by Crippen LogP contribution is -2.18. The van der Waals surface area contributed by atoms with Gasteiger partial charge in [0, 0.05) is 25.1 Å². The average Bonchev–Trinajstić information content (AvgIpc) is 2.42. The molecule has 0 aliphatic carbocycles. The second-order valence-corrected chi connectivity index (χ2v) is 4.20. The van der Waals surface area contributed by atoms with Gasteiger partial charge in [0.1, 0.15) is 11.5 Å². The van der Waals surface area contributed by atoms with E-state index in [1.54, 1.807) is 39.3 Å². The van der Waals surface area contributed by atoms with E-state index in [1.165, 1.54) is 0 Å². The minimum atomic E-state index is -0.611. The fourth-order valence-electron chi connectivity index (χ4n) is 1.65. The molecule has 1 amide bonds. The Morgan fingerprint density at radius 1 is 1.47 bits per heavy atom. The number of nitrogens with one attached hydrogen (secondary N) is 1. The van der Waals surface area contributed by atoms with Gasteiger partial charge in [0.25, 0.3) is 0 Å². The lowest BCUT2D eigenvalue weighted by Gasteiger charge is -2.14. The second-order valence-electron chi connectivity index (χ2n) is 4.20. The van der Waals surface area contributed by atoms with Crippen molar-refractivity contribution in [3.05, 3.63) is 23.8 Å². The maximum absolute atomic E-state index is 11.1. The van der Waals surface area contributed by atoms with Gasteiger partial charge in [-0.15, -0.1) is 0 Å². The Bertz CT molecular complexity index is 418. The third kappa shape index (κ3) is 4.79. The number of carbonyl (C=O) groups is 1. The van der Waals surface area contributed by atoms with Crippen LogP contribution in [0, 0.1) is 0 Å². The zero-order valence-corrected chi connectivity index (χ0v) is 11.6. The minimum Gasteiger partial charge on any atom is -0.497 e.